The van der Waals surface area contributed by atoms with Gasteiger partial charge in [0.1, 0.15) is 6.04 Å². The fraction of sp³-hybridized carbons (Fsp3) is 0.222. The first-order valence-corrected chi connectivity index (χ1v) is 12.8. The number of nitrogens with one attached hydrogen (secondary N) is 1. The van der Waals surface area contributed by atoms with Crippen LogP contribution in [0.3, 0.4) is 0 Å². The molecule has 4 aromatic rings. The lowest BCUT2D eigenvalue weighted by atomic mass is 9.87. The van der Waals surface area contributed by atoms with E-state index in [2.05, 4.69) is 4.72 Å². The van der Waals surface area contributed by atoms with Crippen LogP contribution in [0.1, 0.15) is 35.3 Å². The number of hydrogen-bond acceptors (Lipinski definition) is 5. The maximum absolute atomic E-state index is 13.1. The molecular weight excluding hydrogens is 466 g/mol. The number of carboxylic acids is 1. The Morgan fingerprint density at radius 3 is 2.49 bits per heavy atom. The van der Waals surface area contributed by atoms with E-state index >= 15 is 0 Å². The number of carbonyl (C=O) groups is 1. The van der Waals surface area contributed by atoms with Crippen LogP contribution in [0, 0.1) is 12.8 Å². The van der Waals surface area contributed by atoms with Crippen molar-refractivity contribution in [3.05, 3.63) is 102 Å². The van der Waals surface area contributed by atoms with Crippen molar-refractivity contribution >= 4 is 26.8 Å². The molecule has 2 N–H and O–H groups in total. The van der Waals surface area contributed by atoms with Crippen LogP contribution in [-0.2, 0) is 19.6 Å². The third kappa shape index (κ3) is 4.60. The second-order valence-electron chi connectivity index (χ2n) is 8.82. The number of ether oxygens (including phenoxy) is 1. The number of rotatable bonds is 7. The number of aliphatic carboxylic acids is 1. The van der Waals surface area contributed by atoms with Crippen molar-refractivity contribution in [2.75, 3.05) is 0 Å². The highest BCUT2D eigenvalue weighted by Crippen LogP contribution is 2.48. The smallest absolute Gasteiger partial charge is 0.322 e. The van der Waals surface area contributed by atoms with Gasteiger partial charge in [0, 0.05) is 11.5 Å². The van der Waals surface area contributed by atoms with E-state index in [0.29, 0.717) is 12.0 Å². The predicted molar refractivity (Wildman–Crippen MR) is 130 cm³/mol. The third-order valence-electron chi connectivity index (χ3n) is 6.54. The maximum atomic E-state index is 13.1. The molecule has 0 spiro atoms. The zero-order valence-corrected chi connectivity index (χ0v) is 19.8. The van der Waals surface area contributed by atoms with Gasteiger partial charge in [0.2, 0.25) is 10.0 Å². The summed E-state index contributed by atoms with van der Waals surface area (Å²) in [6, 6.07) is 20.4. The molecule has 1 aliphatic rings. The summed E-state index contributed by atoms with van der Waals surface area (Å²) in [5, 5.41) is 12.2. The zero-order chi connectivity index (χ0) is 24.6. The summed E-state index contributed by atoms with van der Waals surface area (Å²) in [6.45, 7) is 1.85. The van der Waals surface area contributed by atoms with E-state index in [9.17, 15) is 18.3 Å². The van der Waals surface area contributed by atoms with Gasteiger partial charge in [-0.25, -0.2) is 8.42 Å². The Labute approximate surface area is 203 Å². The lowest BCUT2D eigenvalue weighted by Gasteiger charge is -2.24. The zero-order valence-electron chi connectivity index (χ0n) is 19.0. The third-order valence-corrected chi connectivity index (χ3v) is 7.99. The molecule has 0 saturated carbocycles. The number of hydrogen-bond donors (Lipinski definition) is 2. The van der Waals surface area contributed by atoms with Gasteiger partial charge in [0.05, 0.1) is 29.6 Å². The Kier molecular flexibility index (Phi) is 6.19. The van der Waals surface area contributed by atoms with E-state index in [1.165, 1.54) is 24.7 Å². The molecule has 7 nitrogen and oxygen atoms in total. The van der Waals surface area contributed by atoms with Crippen LogP contribution in [0.15, 0.2) is 94.6 Å². The van der Waals surface area contributed by atoms with Crippen molar-refractivity contribution in [3.8, 4) is 0 Å². The van der Waals surface area contributed by atoms with E-state index < -0.39 is 40.2 Å². The molecule has 4 atom stereocenters. The Morgan fingerprint density at radius 2 is 1.77 bits per heavy atom. The van der Waals surface area contributed by atoms with Crippen molar-refractivity contribution in [2.24, 2.45) is 5.92 Å². The molecule has 1 aromatic heterocycles. The highest BCUT2D eigenvalue weighted by Gasteiger charge is 2.46. The molecule has 0 bridgehead atoms. The predicted octanol–water partition coefficient (Wildman–Crippen LogP) is 4.99. The largest absolute Gasteiger partial charge is 0.480 e. The monoisotopic (exact) mass is 491 g/mol. The quantitative estimate of drug-likeness (QED) is 0.377. The van der Waals surface area contributed by atoms with Gasteiger partial charge >= 0.3 is 5.97 Å². The maximum Gasteiger partial charge on any atom is 0.322 e. The van der Waals surface area contributed by atoms with E-state index in [1.807, 2.05) is 49.4 Å². The molecule has 2 heterocycles. The lowest BCUT2D eigenvalue weighted by Crippen LogP contribution is -2.46. The highest BCUT2D eigenvalue weighted by atomic mass is 32.2. The van der Waals surface area contributed by atoms with Crippen LogP contribution < -0.4 is 4.72 Å². The van der Waals surface area contributed by atoms with Gasteiger partial charge < -0.3 is 14.3 Å². The Balaban J connectivity index is 1.52. The van der Waals surface area contributed by atoms with Crippen LogP contribution in [0.5, 0.6) is 0 Å². The molecule has 0 radical (unpaired) electrons. The standard InChI is InChI=1S/C27H25NO6S/c1-17-9-11-20(12-10-17)35(31,32)28-25(27(29)30)23-15-24(34-26(23)19-13-14-33-16-19)22-8-4-6-18-5-2-3-7-21(18)22/h2-14,16,23-26,28H,15H2,1H3,(H,29,30)/t23?,24-,25?,26?/m1/s1. The SMILES string of the molecule is Cc1ccc(S(=O)(=O)NC(C(=O)O)C2C[C@H](c3cccc4ccccc34)OC2c2ccoc2)cc1. The van der Waals surface area contributed by atoms with Crippen molar-refractivity contribution < 1.29 is 27.5 Å². The fourth-order valence-electron chi connectivity index (χ4n) is 4.78. The van der Waals surface area contributed by atoms with Gasteiger partial charge in [-0.3, -0.25) is 4.79 Å². The van der Waals surface area contributed by atoms with Gasteiger partial charge in [-0.2, -0.15) is 4.72 Å². The second-order valence-corrected chi connectivity index (χ2v) is 10.5. The Morgan fingerprint density at radius 1 is 1.03 bits per heavy atom. The summed E-state index contributed by atoms with van der Waals surface area (Å²) in [7, 11) is -4.08. The molecule has 8 heteroatoms. The van der Waals surface area contributed by atoms with Gasteiger partial charge in [0.25, 0.3) is 0 Å². The van der Waals surface area contributed by atoms with Crippen molar-refractivity contribution in [3.63, 3.8) is 0 Å². The van der Waals surface area contributed by atoms with Crippen molar-refractivity contribution in [1.82, 2.24) is 4.72 Å². The van der Waals surface area contributed by atoms with Crippen LogP contribution in [0.25, 0.3) is 10.8 Å². The average Bonchev–Trinajstić information content (AvgIpc) is 3.52. The topological polar surface area (TPSA) is 106 Å². The summed E-state index contributed by atoms with van der Waals surface area (Å²) in [4.78, 5) is 12.4. The second kappa shape index (κ2) is 9.30. The Hall–Kier alpha value is -3.46. The summed E-state index contributed by atoms with van der Waals surface area (Å²) in [5.41, 5.74) is 2.50. The molecular formula is C27H25NO6S. The number of aryl methyl sites for hydroxylation is 1. The Bertz CT molecular complexity index is 1440. The molecule has 35 heavy (non-hydrogen) atoms. The number of sulfonamides is 1. The minimum atomic E-state index is -4.08. The normalized spacial score (nSPS) is 21.2. The molecule has 1 aliphatic heterocycles. The van der Waals surface area contributed by atoms with Gasteiger partial charge in [-0.15, -0.1) is 0 Å². The van der Waals surface area contributed by atoms with E-state index in [0.717, 1.165) is 21.9 Å². The molecule has 3 aromatic carbocycles. The minimum absolute atomic E-state index is 0.0127. The molecule has 3 unspecified atom stereocenters. The lowest BCUT2D eigenvalue weighted by molar-refractivity contribution is -0.141. The molecule has 1 saturated heterocycles. The summed E-state index contributed by atoms with van der Waals surface area (Å²) in [5.74, 6) is -1.93. The van der Waals surface area contributed by atoms with E-state index in [4.69, 9.17) is 9.15 Å². The summed E-state index contributed by atoms with van der Waals surface area (Å²) in [6.07, 6.45) is 2.23. The van der Waals surface area contributed by atoms with Gasteiger partial charge in [-0.05, 0) is 47.9 Å². The van der Waals surface area contributed by atoms with E-state index in [1.54, 1.807) is 18.2 Å². The number of carboxylic acid groups (broad SMARTS) is 1. The van der Waals surface area contributed by atoms with E-state index in [-0.39, 0.29) is 4.90 Å². The molecule has 0 aliphatic carbocycles. The summed E-state index contributed by atoms with van der Waals surface area (Å²) >= 11 is 0. The van der Waals surface area contributed by atoms with Crippen LogP contribution in [0.2, 0.25) is 0 Å². The fourth-order valence-corrected chi connectivity index (χ4v) is 6.02. The van der Waals surface area contributed by atoms with Crippen molar-refractivity contribution in [1.29, 1.82) is 0 Å². The average molecular weight is 492 g/mol. The number of fused-ring (bicyclic) bond motifs is 1. The van der Waals surface area contributed by atoms with Crippen molar-refractivity contribution in [2.45, 2.75) is 36.5 Å². The molecule has 5 rings (SSSR count). The van der Waals surface area contributed by atoms with Crippen LogP contribution in [0.4, 0.5) is 0 Å². The molecule has 1 fully saturated rings. The number of furan rings is 1. The highest BCUT2D eigenvalue weighted by molar-refractivity contribution is 7.89. The first-order valence-electron chi connectivity index (χ1n) is 11.3. The minimum Gasteiger partial charge on any atom is -0.480 e. The van der Waals surface area contributed by atoms with Crippen LogP contribution in [-0.4, -0.2) is 25.5 Å². The van der Waals surface area contributed by atoms with Gasteiger partial charge in [0.15, 0.2) is 0 Å². The number of benzene rings is 3. The molecule has 0 amide bonds. The first-order chi connectivity index (χ1) is 16.8. The van der Waals surface area contributed by atoms with Gasteiger partial charge in [-0.1, -0.05) is 60.2 Å². The van der Waals surface area contributed by atoms with Crippen LogP contribution >= 0.6 is 0 Å². The summed E-state index contributed by atoms with van der Waals surface area (Å²) < 4.78 is 40.3. The first kappa shape index (κ1) is 23.3. The molecule has 180 valence electrons.